The number of nitro groups is 1. The van der Waals surface area contributed by atoms with Crippen LogP contribution in [-0.2, 0) is 0 Å². The van der Waals surface area contributed by atoms with Crippen LogP contribution in [0.5, 0.6) is 11.5 Å². The minimum Gasteiger partial charge on any atom is -0.454 e. The third-order valence-corrected chi connectivity index (χ3v) is 3.16. The third kappa shape index (κ3) is 3.43. The van der Waals surface area contributed by atoms with Crippen LogP contribution in [0.1, 0.15) is 17.3 Å². The molecule has 2 rings (SSSR count). The molecule has 5 nitrogen and oxygen atoms in total. The predicted octanol–water partition coefficient (Wildman–Crippen LogP) is 4.49. The van der Waals surface area contributed by atoms with Crippen LogP contribution in [0.4, 0.5) is 10.1 Å². The maximum Gasteiger partial charge on any atom is 0.280 e. The zero-order valence-corrected chi connectivity index (χ0v) is 12.4. The first kappa shape index (κ1) is 15.1. The van der Waals surface area contributed by atoms with E-state index in [1.54, 1.807) is 6.07 Å². The number of hydrogen-bond acceptors (Lipinski definition) is 4. The van der Waals surface area contributed by atoms with E-state index in [0.29, 0.717) is 4.47 Å². The molecule has 0 atom stereocenters. The number of ketones is 1. The topological polar surface area (TPSA) is 69.4 Å². The van der Waals surface area contributed by atoms with Crippen LogP contribution in [0.3, 0.4) is 0 Å². The van der Waals surface area contributed by atoms with Crippen molar-refractivity contribution < 1.29 is 18.8 Å². The molecule has 0 aliphatic carbocycles. The molecule has 0 aliphatic heterocycles. The standard InChI is InChI=1S/C14H9BrFNO4/c1-8(18)11-7-10(3-4-13(11)17(19)20)21-14-5-2-9(15)6-12(14)16/h2-7H,1H3. The van der Waals surface area contributed by atoms with Crippen LogP contribution in [0.2, 0.25) is 0 Å². The molecule has 108 valence electrons. The summed E-state index contributed by atoms with van der Waals surface area (Å²) in [5.74, 6) is -0.955. The second-order valence-electron chi connectivity index (χ2n) is 4.17. The average Bonchev–Trinajstić information content (AvgIpc) is 2.41. The minimum atomic E-state index is -0.652. The van der Waals surface area contributed by atoms with Crippen molar-refractivity contribution in [2.45, 2.75) is 6.92 Å². The Morgan fingerprint density at radius 3 is 2.57 bits per heavy atom. The molecular formula is C14H9BrFNO4. The van der Waals surface area contributed by atoms with E-state index >= 15 is 0 Å². The van der Waals surface area contributed by atoms with Gasteiger partial charge in [0.05, 0.1) is 10.5 Å². The maximum atomic E-state index is 13.7. The Bertz CT molecular complexity index is 733. The highest BCUT2D eigenvalue weighted by Crippen LogP contribution is 2.30. The van der Waals surface area contributed by atoms with Gasteiger partial charge in [0.15, 0.2) is 17.3 Å². The van der Waals surface area contributed by atoms with Crippen molar-refractivity contribution in [3.8, 4) is 11.5 Å². The van der Waals surface area contributed by atoms with Crippen LogP contribution >= 0.6 is 15.9 Å². The Hall–Kier alpha value is -2.28. The number of nitrogens with zero attached hydrogens (tertiary/aromatic N) is 1. The molecule has 0 heterocycles. The van der Waals surface area contributed by atoms with E-state index in [9.17, 15) is 19.3 Å². The van der Waals surface area contributed by atoms with Crippen LogP contribution in [-0.4, -0.2) is 10.7 Å². The molecule has 0 bridgehead atoms. The highest BCUT2D eigenvalue weighted by Gasteiger charge is 2.18. The fourth-order valence-corrected chi connectivity index (χ4v) is 2.04. The maximum absolute atomic E-state index is 13.7. The van der Waals surface area contributed by atoms with Crippen molar-refractivity contribution in [3.63, 3.8) is 0 Å². The Morgan fingerprint density at radius 1 is 1.29 bits per heavy atom. The van der Waals surface area contributed by atoms with E-state index in [4.69, 9.17) is 4.74 Å². The minimum absolute atomic E-state index is 0.0402. The van der Waals surface area contributed by atoms with Crippen molar-refractivity contribution in [2.24, 2.45) is 0 Å². The van der Waals surface area contributed by atoms with Gasteiger partial charge in [-0.3, -0.25) is 14.9 Å². The highest BCUT2D eigenvalue weighted by molar-refractivity contribution is 9.10. The number of carbonyl (C=O) groups excluding carboxylic acids is 1. The second kappa shape index (κ2) is 6.01. The van der Waals surface area contributed by atoms with Gasteiger partial charge in [0, 0.05) is 10.5 Å². The van der Waals surface area contributed by atoms with Crippen molar-refractivity contribution in [2.75, 3.05) is 0 Å². The van der Waals surface area contributed by atoms with Crippen molar-refractivity contribution >= 4 is 27.4 Å². The Labute approximate surface area is 127 Å². The number of nitro benzene ring substituents is 1. The van der Waals surface area contributed by atoms with E-state index < -0.39 is 16.5 Å². The molecule has 0 aliphatic rings. The van der Waals surface area contributed by atoms with Gasteiger partial charge in [0.2, 0.25) is 0 Å². The van der Waals surface area contributed by atoms with E-state index in [1.165, 1.54) is 31.2 Å². The van der Waals surface area contributed by atoms with Crippen molar-refractivity contribution in [1.29, 1.82) is 0 Å². The first-order valence-corrected chi connectivity index (χ1v) is 6.60. The lowest BCUT2D eigenvalue weighted by molar-refractivity contribution is -0.385. The molecule has 0 radical (unpaired) electrons. The van der Waals surface area contributed by atoms with Gasteiger partial charge in [-0.2, -0.15) is 0 Å². The highest BCUT2D eigenvalue weighted by atomic mass is 79.9. The van der Waals surface area contributed by atoms with Gasteiger partial charge in [-0.15, -0.1) is 0 Å². The summed E-state index contributed by atoms with van der Waals surface area (Å²) in [5, 5.41) is 10.8. The number of benzene rings is 2. The summed E-state index contributed by atoms with van der Waals surface area (Å²) in [6.45, 7) is 1.21. The molecule has 0 N–H and O–H groups in total. The first-order chi connectivity index (χ1) is 9.88. The molecule has 0 amide bonds. The number of Topliss-reactive ketones (excluding diaryl/α,β-unsaturated/α-hetero) is 1. The molecule has 21 heavy (non-hydrogen) atoms. The van der Waals surface area contributed by atoms with E-state index in [1.807, 2.05) is 0 Å². The molecular weight excluding hydrogens is 345 g/mol. The number of hydrogen-bond donors (Lipinski definition) is 0. The number of carbonyl (C=O) groups is 1. The quantitative estimate of drug-likeness (QED) is 0.461. The van der Waals surface area contributed by atoms with Gasteiger partial charge in [-0.1, -0.05) is 15.9 Å². The Kier molecular flexibility index (Phi) is 4.32. The molecule has 0 unspecified atom stereocenters. The molecule has 0 spiro atoms. The molecule has 2 aromatic carbocycles. The van der Waals surface area contributed by atoms with E-state index in [2.05, 4.69) is 15.9 Å². The third-order valence-electron chi connectivity index (χ3n) is 2.67. The van der Waals surface area contributed by atoms with Gasteiger partial charge < -0.3 is 4.74 Å². The molecule has 0 saturated carbocycles. The zero-order valence-electron chi connectivity index (χ0n) is 10.8. The predicted molar refractivity (Wildman–Crippen MR) is 77.3 cm³/mol. The monoisotopic (exact) mass is 353 g/mol. The molecule has 0 fully saturated rings. The molecule has 0 saturated heterocycles. The lowest BCUT2D eigenvalue weighted by Crippen LogP contribution is -2.00. The van der Waals surface area contributed by atoms with Crippen molar-refractivity contribution in [1.82, 2.24) is 0 Å². The van der Waals surface area contributed by atoms with E-state index in [-0.39, 0.29) is 22.7 Å². The lowest BCUT2D eigenvalue weighted by Gasteiger charge is -2.08. The van der Waals surface area contributed by atoms with Gasteiger partial charge in [0.1, 0.15) is 5.75 Å². The smallest absolute Gasteiger partial charge is 0.280 e. The largest absolute Gasteiger partial charge is 0.454 e. The molecule has 7 heteroatoms. The summed E-state index contributed by atoms with van der Waals surface area (Å²) in [6, 6.07) is 7.92. The number of ether oxygens (including phenoxy) is 1. The van der Waals surface area contributed by atoms with Crippen LogP contribution in [0.25, 0.3) is 0 Å². The fraction of sp³-hybridized carbons (Fsp3) is 0.0714. The molecule has 2 aromatic rings. The van der Waals surface area contributed by atoms with Crippen LogP contribution in [0.15, 0.2) is 40.9 Å². The number of rotatable bonds is 4. The Balaban J connectivity index is 2.39. The zero-order chi connectivity index (χ0) is 15.6. The van der Waals surface area contributed by atoms with E-state index in [0.717, 1.165) is 6.07 Å². The Morgan fingerprint density at radius 2 is 2.00 bits per heavy atom. The lowest BCUT2D eigenvalue weighted by atomic mass is 10.1. The second-order valence-corrected chi connectivity index (χ2v) is 5.08. The molecule has 0 aromatic heterocycles. The van der Waals surface area contributed by atoms with Gasteiger partial charge in [-0.05, 0) is 37.3 Å². The summed E-state index contributed by atoms with van der Waals surface area (Å²) in [4.78, 5) is 21.6. The summed E-state index contributed by atoms with van der Waals surface area (Å²) in [5.41, 5.74) is -0.402. The summed E-state index contributed by atoms with van der Waals surface area (Å²) < 4.78 is 19.5. The first-order valence-electron chi connectivity index (χ1n) is 5.81. The van der Waals surface area contributed by atoms with Gasteiger partial charge >= 0.3 is 0 Å². The normalized spacial score (nSPS) is 10.2. The van der Waals surface area contributed by atoms with Crippen molar-refractivity contribution in [3.05, 3.63) is 62.4 Å². The van der Waals surface area contributed by atoms with Gasteiger partial charge in [-0.25, -0.2) is 4.39 Å². The van der Waals surface area contributed by atoms with Gasteiger partial charge in [0.25, 0.3) is 5.69 Å². The summed E-state index contributed by atoms with van der Waals surface area (Å²) >= 11 is 3.12. The number of halogens is 2. The summed E-state index contributed by atoms with van der Waals surface area (Å²) in [6.07, 6.45) is 0. The average molecular weight is 354 g/mol. The summed E-state index contributed by atoms with van der Waals surface area (Å²) in [7, 11) is 0. The SMILES string of the molecule is CC(=O)c1cc(Oc2ccc(Br)cc2F)ccc1[N+](=O)[O-]. The van der Waals surface area contributed by atoms with Crippen LogP contribution in [0, 0.1) is 15.9 Å². The fourth-order valence-electron chi connectivity index (χ4n) is 1.70. The van der Waals surface area contributed by atoms with Crippen LogP contribution < -0.4 is 4.74 Å².